The van der Waals surface area contributed by atoms with Gasteiger partial charge in [0.15, 0.2) is 0 Å². The Balaban J connectivity index is 2.83. The molecule has 0 saturated heterocycles. The van der Waals surface area contributed by atoms with Gasteiger partial charge in [-0.3, -0.25) is 0 Å². The summed E-state index contributed by atoms with van der Waals surface area (Å²) in [6, 6.07) is 4.89. The van der Waals surface area contributed by atoms with Gasteiger partial charge in [-0.15, -0.1) is 0 Å². The highest BCUT2D eigenvalue weighted by Gasteiger charge is 2.31. The Hall–Kier alpha value is -1.11. The molecule has 1 atom stereocenters. The van der Waals surface area contributed by atoms with E-state index in [-0.39, 0.29) is 6.61 Å². The molecule has 0 saturated carbocycles. The lowest BCUT2D eigenvalue weighted by molar-refractivity contribution is -0.137. The van der Waals surface area contributed by atoms with Gasteiger partial charge in [0.25, 0.3) is 0 Å². The van der Waals surface area contributed by atoms with Gasteiger partial charge in [0.2, 0.25) is 0 Å². The summed E-state index contributed by atoms with van der Waals surface area (Å²) in [5, 5.41) is 12.7. The minimum atomic E-state index is -4.34. The van der Waals surface area contributed by atoms with E-state index in [9.17, 15) is 18.3 Å². The molecule has 0 aliphatic heterocycles. The molecule has 20 heavy (non-hydrogen) atoms. The minimum absolute atomic E-state index is 0.189. The van der Waals surface area contributed by atoms with Crippen LogP contribution < -0.4 is 5.32 Å². The molecule has 0 heterocycles. The van der Waals surface area contributed by atoms with Crippen LogP contribution in [0.5, 0.6) is 0 Å². The van der Waals surface area contributed by atoms with Gasteiger partial charge in [-0.05, 0) is 38.7 Å². The summed E-state index contributed by atoms with van der Waals surface area (Å²) in [4.78, 5) is 1.98. The third-order valence-electron chi connectivity index (χ3n) is 3.24. The third kappa shape index (κ3) is 4.47. The van der Waals surface area contributed by atoms with E-state index in [4.69, 9.17) is 0 Å². The van der Waals surface area contributed by atoms with Crippen LogP contribution in [0.15, 0.2) is 24.3 Å². The Morgan fingerprint density at radius 3 is 2.00 bits per heavy atom. The van der Waals surface area contributed by atoms with Crippen molar-refractivity contribution in [3.05, 3.63) is 35.4 Å². The Morgan fingerprint density at radius 1 is 1.10 bits per heavy atom. The molecule has 0 amide bonds. The summed E-state index contributed by atoms with van der Waals surface area (Å²) in [5.74, 6) is 0. The van der Waals surface area contributed by atoms with Crippen molar-refractivity contribution in [2.75, 3.05) is 33.8 Å². The average Bonchev–Trinajstić information content (AvgIpc) is 2.37. The number of nitrogens with zero attached hydrogens (tertiary/aromatic N) is 1. The van der Waals surface area contributed by atoms with Crippen LogP contribution in [0.3, 0.4) is 0 Å². The van der Waals surface area contributed by atoms with Crippen LogP contribution >= 0.6 is 0 Å². The summed E-state index contributed by atoms with van der Waals surface area (Å²) in [6.45, 7) is 2.98. The smallest absolute Gasteiger partial charge is 0.394 e. The van der Waals surface area contributed by atoms with Crippen molar-refractivity contribution in [1.82, 2.24) is 10.2 Å². The molecule has 0 radical (unpaired) electrons. The van der Waals surface area contributed by atoms with Gasteiger partial charge in [-0.25, -0.2) is 0 Å². The molecule has 1 unspecified atom stereocenters. The Kier molecular flexibility index (Phi) is 5.56. The van der Waals surface area contributed by atoms with E-state index < -0.39 is 17.3 Å². The van der Waals surface area contributed by atoms with Gasteiger partial charge in [-0.2, -0.15) is 13.2 Å². The van der Waals surface area contributed by atoms with Crippen molar-refractivity contribution in [3.63, 3.8) is 0 Å². The second-order valence-electron chi connectivity index (χ2n) is 5.30. The number of hydrogen-bond donors (Lipinski definition) is 2. The van der Waals surface area contributed by atoms with Crippen LogP contribution in [-0.2, 0) is 11.7 Å². The predicted molar refractivity (Wildman–Crippen MR) is 72.4 cm³/mol. The maximum atomic E-state index is 12.5. The normalized spacial score (nSPS) is 15.4. The van der Waals surface area contributed by atoms with Gasteiger partial charge in [-0.1, -0.05) is 12.1 Å². The summed E-state index contributed by atoms with van der Waals surface area (Å²) in [5.41, 5.74) is -0.804. The van der Waals surface area contributed by atoms with E-state index in [1.54, 1.807) is 6.92 Å². The first-order valence-corrected chi connectivity index (χ1v) is 6.37. The predicted octanol–water partition coefficient (Wildman–Crippen LogP) is 2.06. The fourth-order valence-electron chi connectivity index (χ4n) is 1.83. The number of benzene rings is 1. The molecule has 0 bridgehead atoms. The van der Waals surface area contributed by atoms with Crippen molar-refractivity contribution in [2.45, 2.75) is 18.6 Å². The van der Waals surface area contributed by atoms with Gasteiger partial charge in [0.1, 0.15) is 0 Å². The largest absolute Gasteiger partial charge is 0.416 e. The van der Waals surface area contributed by atoms with Crippen molar-refractivity contribution < 1.29 is 18.3 Å². The number of rotatable bonds is 6. The second-order valence-corrected chi connectivity index (χ2v) is 5.30. The summed E-state index contributed by atoms with van der Waals surface area (Å²) < 4.78 is 37.6. The molecule has 0 fully saturated rings. The molecule has 114 valence electrons. The standard InChI is InChI=1S/C14H21F3N2O/c1-13(10-20,18-8-9-19(2)3)11-4-6-12(7-5-11)14(15,16)17/h4-7,18,20H,8-10H2,1-3H3. The highest BCUT2D eigenvalue weighted by Crippen LogP contribution is 2.30. The molecular formula is C14H21F3N2O. The maximum absolute atomic E-state index is 12.5. The Morgan fingerprint density at radius 2 is 1.60 bits per heavy atom. The van der Waals surface area contributed by atoms with Crippen molar-refractivity contribution in [3.8, 4) is 0 Å². The Bertz CT molecular complexity index is 417. The van der Waals surface area contributed by atoms with E-state index in [0.29, 0.717) is 12.1 Å². The van der Waals surface area contributed by atoms with E-state index in [1.165, 1.54) is 12.1 Å². The zero-order chi connectivity index (χ0) is 15.4. The Labute approximate surface area is 117 Å². The molecule has 3 nitrogen and oxygen atoms in total. The number of halogens is 3. The van der Waals surface area contributed by atoms with Crippen molar-refractivity contribution >= 4 is 0 Å². The number of nitrogens with one attached hydrogen (secondary N) is 1. The van der Waals surface area contributed by atoms with Gasteiger partial charge in [0.05, 0.1) is 17.7 Å². The first-order valence-electron chi connectivity index (χ1n) is 6.37. The maximum Gasteiger partial charge on any atom is 0.416 e. The molecule has 0 aliphatic rings. The van der Waals surface area contributed by atoms with Gasteiger partial charge >= 0.3 is 6.18 Å². The SMILES string of the molecule is CN(C)CCNC(C)(CO)c1ccc(C(F)(F)F)cc1. The van der Waals surface area contributed by atoms with Crippen LogP contribution in [0.2, 0.25) is 0 Å². The second kappa shape index (κ2) is 6.56. The summed E-state index contributed by atoms with van der Waals surface area (Å²) >= 11 is 0. The molecule has 6 heteroatoms. The molecule has 1 aromatic carbocycles. The number of alkyl halides is 3. The van der Waals surface area contributed by atoms with E-state index in [2.05, 4.69) is 5.32 Å². The lowest BCUT2D eigenvalue weighted by Crippen LogP contribution is -2.45. The van der Waals surface area contributed by atoms with Crippen molar-refractivity contribution in [2.24, 2.45) is 0 Å². The molecule has 0 spiro atoms. The van der Waals surface area contributed by atoms with Crippen LogP contribution in [0.25, 0.3) is 0 Å². The number of aliphatic hydroxyl groups excluding tert-OH is 1. The van der Waals surface area contributed by atoms with E-state index in [1.807, 2.05) is 19.0 Å². The number of aliphatic hydroxyl groups is 1. The lowest BCUT2D eigenvalue weighted by Gasteiger charge is -2.30. The minimum Gasteiger partial charge on any atom is -0.394 e. The van der Waals surface area contributed by atoms with Crippen LogP contribution in [0.4, 0.5) is 13.2 Å². The van der Waals surface area contributed by atoms with E-state index >= 15 is 0 Å². The number of likely N-dealkylation sites (N-methyl/N-ethyl adjacent to an activating group) is 1. The molecule has 1 rings (SSSR count). The van der Waals surface area contributed by atoms with Gasteiger partial charge < -0.3 is 15.3 Å². The average molecular weight is 290 g/mol. The first-order chi connectivity index (χ1) is 9.19. The topological polar surface area (TPSA) is 35.5 Å². The van der Waals surface area contributed by atoms with Crippen LogP contribution in [0, 0.1) is 0 Å². The lowest BCUT2D eigenvalue weighted by atomic mass is 9.92. The molecule has 2 N–H and O–H groups in total. The quantitative estimate of drug-likeness (QED) is 0.842. The summed E-state index contributed by atoms with van der Waals surface area (Å²) in [7, 11) is 3.85. The van der Waals surface area contributed by atoms with E-state index in [0.717, 1.165) is 18.7 Å². The highest BCUT2D eigenvalue weighted by atomic mass is 19.4. The fourth-order valence-corrected chi connectivity index (χ4v) is 1.83. The molecule has 1 aromatic rings. The van der Waals surface area contributed by atoms with Crippen molar-refractivity contribution in [1.29, 1.82) is 0 Å². The molecule has 0 aromatic heterocycles. The zero-order valence-corrected chi connectivity index (χ0v) is 12.0. The fraction of sp³-hybridized carbons (Fsp3) is 0.571. The van der Waals surface area contributed by atoms with Crippen LogP contribution in [-0.4, -0.2) is 43.8 Å². The molecular weight excluding hydrogens is 269 g/mol. The molecule has 0 aliphatic carbocycles. The summed E-state index contributed by atoms with van der Waals surface area (Å²) in [6.07, 6.45) is -4.34. The first kappa shape index (κ1) is 16.9. The zero-order valence-electron chi connectivity index (χ0n) is 12.0. The highest BCUT2D eigenvalue weighted by molar-refractivity contribution is 5.29. The number of hydrogen-bond acceptors (Lipinski definition) is 3. The van der Waals surface area contributed by atoms with Gasteiger partial charge in [0, 0.05) is 13.1 Å². The third-order valence-corrected chi connectivity index (χ3v) is 3.24. The monoisotopic (exact) mass is 290 g/mol. The van der Waals surface area contributed by atoms with Crippen LogP contribution in [0.1, 0.15) is 18.1 Å².